The lowest BCUT2D eigenvalue weighted by Gasteiger charge is -2.08. The third-order valence-corrected chi connectivity index (χ3v) is 5.48. The summed E-state index contributed by atoms with van der Waals surface area (Å²) in [6, 6.07) is 10.6. The smallest absolute Gasteiger partial charge is 0.184 e. The van der Waals surface area contributed by atoms with Gasteiger partial charge in [0.15, 0.2) is 9.84 Å². The van der Waals surface area contributed by atoms with Crippen LogP contribution in [0.3, 0.4) is 0 Å². The Bertz CT molecular complexity index is 842. The second kappa shape index (κ2) is 6.25. The first-order chi connectivity index (χ1) is 9.83. The van der Waals surface area contributed by atoms with Gasteiger partial charge in [0.05, 0.1) is 27.3 Å². The summed E-state index contributed by atoms with van der Waals surface area (Å²) >= 11 is 17.7. The van der Waals surface area contributed by atoms with Crippen molar-refractivity contribution >= 4 is 44.6 Å². The van der Waals surface area contributed by atoms with E-state index in [1.165, 1.54) is 36.4 Å². The van der Waals surface area contributed by atoms with Gasteiger partial charge in [-0.2, -0.15) is 5.26 Å². The molecule has 0 unspecified atom stereocenters. The number of hydrogen-bond acceptors (Lipinski definition) is 3. The number of nitriles is 1. The van der Waals surface area contributed by atoms with Crippen molar-refractivity contribution in [3.8, 4) is 6.07 Å². The van der Waals surface area contributed by atoms with Gasteiger partial charge in [0.2, 0.25) is 0 Å². The molecule has 0 aromatic heterocycles. The van der Waals surface area contributed by atoms with Gasteiger partial charge in [0, 0.05) is 10.0 Å². The van der Waals surface area contributed by atoms with Gasteiger partial charge >= 0.3 is 0 Å². The van der Waals surface area contributed by atoms with E-state index in [0.29, 0.717) is 11.1 Å². The minimum absolute atomic E-state index is 0.0444. The fourth-order valence-corrected chi connectivity index (χ4v) is 4.25. The first-order valence-electron chi connectivity index (χ1n) is 5.70. The zero-order valence-corrected chi connectivity index (χ0v) is 13.6. The average molecular weight is 361 g/mol. The number of hydrogen-bond donors (Lipinski definition) is 0. The molecular weight excluding hydrogens is 353 g/mol. The van der Waals surface area contributed by atoms with E-state index in [9.17, 15) is 8.42 Å². The van der Waals surface area contributed by atoms with Crippen LogP contribution in [0.5, 0.6) is 0 Å². The van der Waals surface area contributed by atoms with Crippen LogP contribution < -0.4 is 0 Å². The van der Waals surface area contributed by atoms with E-state index < -0.39 is 9.84 Å². The van der Waals surface area contributed by atoms with Crippen molar-refractivity contribution in [3.05, 3.63) is 62.6 Å². The molecule has 108 valence electrons. The molecule has 2 rings (SSSR count). The van der Waals surface area contributed by atoms with Gasteiger partial charge in [-0.25, -0.2) is 8.42 Å². The molecule has 2 aromatic rings. The van der Waals surface area contributed by atoms with Crippen LogP contribution in [-0.2, 0) is 15.6 Å². The Morgan fingerprint density at radius 2 is 1.71 bits per heavy atom. The highest BCUT2D eigenvalue weighted by molar-refractivity contribution is 7.90. The highest BCUT2D eigenvalue weighted by atomic mass is 35.5. The summed E-state index contributed by atoms with van der Waals surface area (Å²) in [4.78, 5) is -0.0444. The van der Waals surface area contributed by atoms with Gasteiger partial charge < -0.3 is 0 Å². The second-order valence-electron chi connectivity index (χ2n) is 4.25. The summed E-state index contributed by atoms with van der Waals surface area (Å²) in [5, 5.41) is 9.37. The molecule has 0 heterocycles. The van der Waals surface area contributed by atoms with E-state index in [-0.39, 0.29) is 25.7 Å². The first kappa shape index (κ1) is 16.1. The Kier molecular flexibility index (Phi) is 4.80. The van der Waals surface area contributed by atoms with Crippen molar-refractivity contribution in [1.82, 2.24) is 0 Å². The maximum Gasteiger partial charge on any atom is 0.184 e. The van der Waals surface area contributed by atoms with Crippen LogP contribution in [0.4, 0.5) is 0 Å². The van der Waals surface area contributed by atoms with Crippen molar-refractivity contribution in [2.45, 2.75) is 10.6 Å². The Morgan fingerprint density at radius 1 is 1.00 bits per heavy atom. The van der Waals surface area contributed by atoms with E-state index in [4.69, 9.17) is 40.1 Å². The third-order valence-electron chi connectivity index (χ3n) is 2.76. The Labute approximate surface area is 137 Å². The molecule has 0 radical (unpaired) electrons. The molecule has 0 saturated heterocycles. The topological polar surface area (TPSA) is 57.9 Å². The fourth-order valence-electron chi connectivity index (χ4n) is 1.73. The van der Waals surface area contributed by atoms with Crippen LogP contribution >= 0.6 is 34.8 Å². The molecule has 0 aliphatic heterocycles. The minimum atomic E-state index is -3.69. The summed E-state index contributed by atoms with van der Waals surface area (Å²) in [5.74, 6) is -0.322. The van der Waals surface area contributed by atoms with E-state index in [1.807, 2.05) is 6.07 Å². The number of benzene rings is 2. The third kappa shape index (κ3) is 3.69. The molecule has 0 N–H and O–H groups in total. The number of halogens is 3. The summed E-state index contributed by atoms with van der Waals surface area (Å²) in [5.41, 5.74) is 0.758. The standard InChI is InChI=1S/C14H8Cl3NO2S/c15-11-3-4-12(16)14(6-11)21(19,20)8-10-2-1-9(7-18)5-13(10)17/h1-6H,8H2. The monoisotopic (exact) mass is 359 g/mol. The van der Waals surface area contributed by atoms with Gasteiger partial charge in [-0.1, -0.05) is 40.9 Å². The normalized spacial score (nSPS) is 11.1. The van der Waals surface area contributed by atoms with Crippen molar-refractivity contribution < 1.29 is 8.42 Å². The predicted molar refractivity (Wildman–Crippen MR) is 83.5 cm³/mol. The zero-order valence-electron chi connectivity index (χ0n) is 10.5. The number of sulfone groups is 1. The van der Waals surface area contributed by atoms with Gasteiger partial charge in [0.25, 0.3) is 0 Å². The maximum atomic E-state index is 12.4. The Morgan fingerprint density at radius 3 is 2.33 bits per heavy atom. The van der Waals surface area contributed by atoms with Gasteiger partial charge in [-0.15, -0.1) is 0 Å². The largest absolute Gasteiger partial charge is 0.223 e. The molecule has 7 heteroatoms. The van der Waals surface area contributed by atoms with E-state index in [2.05, 4.69) is 0 Å². The molecule has 0 spiro atoms. The average Bonchev–Trinajstić information content (AvgIpc) is 2.43. The van der Waals surface area contributed by atoms with Crippen LogP contribution in [-0.4, -0.2) is 8.42 Å². The van der Waals surface area contributed by atoms with Gasteiger partial charge in [-0.05, 0) is 35.9 Å². The summed E-state index contributed by atoms with van der Waals surface area (Å²) < 4.78 is 24.8. The fraction of sp³-hybridized carbons (Fsp3) is 0.0714. The van der Waals surface area contributed by atoms with E-state index in [0.717, 1.165) is 0 Å². The van der Waals surface area contributed by atoms with Gasteiger partial charge in [0.1, 0.15) is 0 Å². The Balaban J connectivity index is 2.43. The highest BCUT2D eigenvalue weighted by Crippen LogP contribution is 2.29. The summed E-state index contributed by atoms with van der Waals surface area (Å²) in [6.45, 7) is 0. The van der Waals surface area contributed by atoms with E-state index in [1.54, 1.807) is 0 Å². The van der Waals surface area contributed by atoms with Crippen LogP contribution in [0.2, 0.25) is 15.1 Å². The molecule has 0 saturated carbocycles. The molecule has 0 amide bonds. The van der Waals surface area contributed by atoms with Crippen LogP contribution in [0.1, 0.15) is 11.1 Å². The van der Waals surface area contributed by atoms with Crippen molar-refractivity contribution in [3.63, 3.8) is 0 Å². The highest BCUT2D eigenvalue weighted by Gasteiger charge is 2.20. The molecule has 0 fully saturated rings. The Hall–Kier alpha value is -1.25. The predicted octanol–water partition coefficient (Wildman–Crippen LogP) is 4.49. The number of nitrogens with zero attached hydrogens (tertiary/aromatic N) is 1. The lowest BCUT2D eigenvalue weighted by atomic mass is 10.2. The molecule has 0 aliphatic rings. The molecule has 3 nitrogen and oxygen atoms in total. The quantitative estimate of drug-likeness (QED) is 0.810. The summed E-state index contributed by atoms with van der Waals surface area (Å²) in [7, 11) is -3.69. The molecular formula is C14H8Cl3NO2S. The minimum Gasteiger partial charge on any atom is -0.223 e. The van der Waals surface area contributed by atoms with Gasteiger partial charge in [-0.3, -0.25) is 0 Å². The van der Waals surface area contributed by atoms with Crippen molar-refractivity contribution in [2.75, 3.05) is 0 Å². The molecule has 21 heavy (non-hydrogen) atoms. The zero-order chi connectivity index (χ0) is 15.6. The lowest BCUT2D eigenvalue weighted by molar-refractivity contribution is 0.595. The lowest BCUT2D eigenvalue weighted by Crippen LogP contribution is -2.06. The van der Waals surface area contributed by atoms with Crippen LogP contribution in [0, 0.1) is 11.3 Å². The first-order valence-corrected chi connectivity index (χ1v) is 8.48. The van der Waals surface area contributed by atoms with Crippen LogP contribution in [0.25, 0.3) is 0 Å². The second-order valence-corrected chi connectivity index (χ2v) is 7.46. The molecule has 0 aliphatic carbocycles. The molecule has 0 atom stereocenters. The van der Waals surface area contributed by atoms with E-state index >= 15 is 0 Å². The maximum absolute atomic E-state index is 12.4. The molecule has 0 bridgehead atoms. The summed E-state index contributed by atoms with van der Waals surface area (Å²) in [6.07, 6.45) is 0. The SMILES string of the molecule is N#Cc1ccc(CS(=O)(=O)c2cc(Cl)ccc2Cl)c(Cl)c1. The van der Waals surface area contributed by atoms with Crippen molar-refractivity contribution in [1.29, 1.82) is 5.26 Å². The van der Waals surface area contributed by atoms with Crippen LogP contribution in [0.15, 0.2) is 41.3 Å². The number of rotatable bonds is 3. The van der Waals surface area contributed by atoms with Crippen molar-refractivity contribution in [2.24, 2.45) is 0 Å². The molecule has 2 aromatic carbocycles.